The lowest BCUT2D eigenvalue weighted by atomic mass is 10.0. The van der Waals surface area contributed by atoms with Gasteiger partial charge in [-0.05, 0) is 37.3 Å². The maximum Gasteiger partial charge on any atom is 0.220 e. The molecule has 1 aromatic rings. The fraction of sp³-hybridized carbons (Fsp3) is 0.588. The SMILES string of the molecule is CC1CCCC(Nc2ccccc2OCCC(N)=O)CC1. The number of nitrogens with two attached hydrogens (primary N) is 1. The summed E-state index contributed by atoms with van der Waals surface area (Å²) in [5.41, 5.74) is 6.16. The van der Waals surface area contributed by atoms with Crippen molar-refractivity contribution in [1.82, 2.24) is 0 Å². The Morgan fingerprint density at radius 2 is 2.10 bits per heavy atom. The average molecular weight is 290 g/mol. The second-order valence-corrected chi connectivity index (χ2v) is 6.02. The van der Waals surface area contributed by atoms with E-state index in [0.29, 0.717) is 12.6 Å². The van der Waals surface area contributed by atoms with Crippen LogP contribution in [0.3, 0.4) is 0 Å². The van der Waals surface area contributed by atoms with Crippen molar-refractivity contribution < 1.29 is 9.53 Å². The van der Waals surface area contributed by atoms with E-state index in [1.165, 1.54) is 32.1 Å². The molecule has 0 aliphatic heterocycles. The molecule has 2 atom stereocenters. The molecule has 21 heavy (non-hydrogen) atoms. The molecule has 116 valence electrons. The third-order valence-electron chi connectivity index (χ3n) is 4.11. The maximum atomic E-state index is 10.8. The van der Waals surface area contributed by atoms with Crippen molar-refractivity contribution in [1.29, 1.82) is 0 Å². The maximum absolute atomic E-state index is 10.8. The lowest BCUT2D eigenvalue weighted by molar-refractivity contribution is -0.118. The monoisotopic (exact) mass is 290 g/mol. The summed E-state index contributed by atoms with van der Waals surface area (Å²) in [6.45, 7) is 2.67. The molecule has 1 saturated carbocycles. The predicted octanol–water partition coefficient (Wildman–Crippen LogP) is 3.32. The van der Waals surface area contributed by atoms with E-state index in [9.17, 15) is 4.79 Å². The number of anilines is 1. The van der Waals surface area contributed by atoms with Crippen molar-refractivity contribution in [2.45, 2.75) is 51.5 Å². The van der Waals surface area contributed by atoms with Crippen LogP contribution in [-0.2, 0) is 4.79 Å². The van der Waals surface area contributed by atoms with Gasteiger partial charge in [0.15, 0.2) is 0 Å². The molecule has 2 rings (SSSR count). The number of rotatable bonds is 6. The summed E-state index contributed by atoms with van der Waals surface area (Å²) in [4.78, 5) is 10.8. The summed E-state index contributed by atoms with van der Waals surface area (Å²) in [7, 11) is 0. The van der Waals surface area contributed by atoms with Gasteiger partial charge in [-0.25, -0.2) is 0 Å². The molecule has 0 aromatic heterocycles. The molecule has 0 heterocycles. The molecule has 0 spiro atoms. The highest BCUT2D eigenvalue weighted by molar-refractivity contribution is 5.73. The lowest BCUT2D eigenvalue weighted by Crippen LogP contribution is -2.19. The van der Waals surface area contributed by atoms with E-state index in [2.05, 4.69) is 12.2 Å². The number of hydrogen-bond donors (Lipinski definition) is 2. The minimum atomic E-state index is -0.335. The number of amides is 1. The number of nitrogens with one attached hydrogen (secondary N) is 1. The molecule has 1 aliphatic rings. The quantitative estimate of drug-likeness (QED) is 0.790. The van der Waals surface area contributed by atoms with Crippen molar-refractivity contribution in [3.05, 3.63) is 24.3 Å². The fourth-order valence-electron chi connectivity index (χ4n) is 2.82. The lowest BCUT2D eigenvalue weighted by Gasteiger charge is -2.20. The van der Waals surface area contributed by atoms with Gasteiger partial charge in [0, 0.05) is 6.04 Å². The molecule has 0 radical (unpaired) electrons. The molecule has 1 aromatic carbocycles. The third kappa shape index (κ3) is 5.29. The summed E-state index contributed by atoms with van der Waals surface area (Å²) < 4.78 is 5.68. The Labute approximate surface area is 127 Å². The highest BCUT2D eigenvalue weighted by Crippen LogP contribution is 2.29. The van der Waals surface area contributed by atoms with E-state index in [1.54, 1.807) is 0 Å². The Hall–Kier alpha value is -1.71. The number of primary amides is 1. The van der Waals surface area contributed by atoms with Gasteiger partial charge in [-0.1, -0.05) is 31.9 Å². The number of benzene rings is 1. The minimum absolute atomic E-state index is 0.245. The number of carbonyl (C=O) groups excluding carboxylic acids is 1. The predicted molar refractivity (Wildman–Crippen MR) is 85.4 cm³/mol. The molecule has 3 N–H and O–H groups in total. The van der Waals surface area contributed by atoms with Gasteiger partial charge in [0.25, 0.3) is 0 Å². The molecule has 1 aliphatic carbocycles. The zero-order chi connectivity index (χ0) is 15.1. The topological polar surface area (TPSA) is 64.3 Å². The molecule has 2 unspecified atom stereocenters. The van der Waals surface area contributed by atoms with E-state index in [0.717, 1.165) is 17.4 Å². The fourth-order valence-corrected chi connectivity index (χ4v) is 2.82. The van der Waals surface area contributed by atoms with Crippen molar-refractivity contribution in [3.8, 4) is 5.75 Å². The van der Waals surface area contributed by atoms with Crippen LogP contribution in [0, 0.1) is 5.92 Å². The summed E-state index contributed by atoms with van der Waals surface area (Å²) in [6.07, 6.45) is 6.55. The number of carbonyl (C=O) groups is 1. The molecular weight excluding hydrogens is 264 g/mol. The Balaban J connectivity index is 1.94. The van der Waals surface area contributed by atoms with Crippen LogP contribution in [0.5, 0.6) is 5.75 Å². The van der Waals surface area contributed by atoms with Crippen LogP contribution in [0.1, 0.15) is 45.4 Å². The van der Waals surface area contributed by atoms with Gasteiger partial charge in [0.2, 0.25) is 5.91 Å². The normalized spacial score (nSPS) is 22.3. The van der Waals surface area contributed by atoms with Crippen molar-refractivity contribution in [2.75, 3.05) is 11.9 Å². The van der Waals surface area contributed by atoms with Gasteiger partial charge in [0.05, 0.1) is 18.7 Å². The van der Waals surface area contributed by atoms with Crippen LogP contribution >= 0.6 is 0 Å². The number of ether oxygens (including phenoxy) is 1. The zero-order valence-corrected chi connectivity index (χ0v) is 12.8. The van der Waals surface area contributed by atoms with E-state index in [-0.39, 0.29) is 12.3 Å². The highest BCUT2D eigenvalue weighted by atomic mass is 16.5. The summed E-state index contributed by atoms with van der Waals surface area (Å²) >= 11 is 0. The zero-order valence-electron chi connectivity index (χ0n) is 12.8. The Morgan fingerprint density at radius 1 is 1.29 bits per heavy atom. The molecule has 0 bridgehead atoms. The number of hydrogen-bond acceptors (Lipinski definition) is 3. The molecular formula is C17H26N2O2. The standard InChI is InChI=1S/C17H26N2O2/c1-13-5-4-6-14(10-9-13)19-15-7-2-3-8-16(15)21-12-11-17(18)20/h2-3,7-8,13-14,19H,4-6,9-12H2,1H3,(H2,18,20). The Morgan fingerprint density at radius 3 is 2.90 bits per heavy atom. The van der Waals surface area contributed by atoms with Gasteiger partial charge >= 0.3 is 0 Å². The van der Waals surface area contributed by atoms with Crippen LogP contribution in [0.4, 0.5) is 5.69 Å². The van der Waals surface area contributed by atoms with E-state index in [1.807, 2.05) is 24.3 Å². The first kappa shape index (κ1) is 15.7. The summed E-state index contributed by atoms with van der Waals surface area (Å²) in [6, 6.07) is 8.43. The molecule has 1 fully saturated rings. The molecule has 0 saturated heterocycles. The van der Waals surface area contributed by atoms with Gasteiger partial charge in [-0.15, -0.1) is 0 Å². The van der Waals surface area contributed by atoms with E-state index in [4.69, 9.17) is 10.5 Å². The van der Waals surface area contributed by atoms with E-state index >= 15 is 0 Å². The van der Waals surface area contributed by atoms with Crippen LogP contribution in [0.15, 0.2) is 24.3 Å². The van der Waals surface area contributed by atoms with Gasteiger partial charge < -0.3 is 15.8 Å². The smallest absolute Gasteiger partial charge is 0.220 e. The van der Waals surface area contributed by atoms with Crippen molar-refractivity contribution in [3.63, 3.8) is 0 Å². The first-order valence-corrected chi connectivity index (χ1v) is 7.92. The molecule has 4 nitrogen and oxygen atoms in total. The second-order valence-electron chi connectivity index (χ2n) is 6.02. The van der Waals surface area contributed by atoms with Crippen molar-refractivity contribution in [2.24, 2.45) is 11.7 Å². The Bertz CT molecular complexity index is 462. The van der Waals surface area contributed by atoms with Gasteiger partial charge in [-0.2, -0.15) is 0 Å². The number of para-hydroxylation sites is 2. The highest BCUT2D eigenvalue weighted by Gasteiger charge is 2.17. The van der Waals surface area contributed by atoms with Gasteiger partial charge in [0.1, 0.15) is 5.75 Å². The minimum Gasteiger partial charge on any atom is -0.491 e. The summed E-state index contributed by atoms with van der Waals surface area (Å²) in [5.74, 6) is 1.30. The molecule has 1 amide bonds. The third-order valence-corrected chi connectivity index (χ3v) is 4.11. The summed E-state index contributed by atoms with van der Waals surface area (Å²) in [5, 5.41) is 3.61. The van der Waals surface area contributed by atoms with Gasteiger partial charge in [-0.3, -0.25) is 4.79 Å². The second kappa shape index (κ2) is 7.91. The van der Waals surface area contributed by atoms with Crippen molar-refractivity contribution >= 4 is 11.6 Å². The first-order valence-electron chi connectivity index (χ1n) is 7.92. The Kier molecular flexibility index (Phi) is 5.90. The molecule has 4 heteroatoms. The van der Waals surface area contributed by atoms with Crippen LogP contribution in [0.25, 0.3) is 0 Å². The van der Waals surface area contributed by atoms with Crippen LogP contribution in [-0.4, -0.2) is 18.6 Å². The largest absolute Gasteiger partial charge is 0.491 e. The van der Waals surface area contributed by atoms with Crippen LogP contribution in [0.2, 0.25) is 0 Å². The average Bonchev–Trinajstić information content (AvgIpc) is 2.65. The van der Waals surface area contributed by atoms with Crippen LogP contribution < -0.4 is 15.8 Å². The van der Waals surface area contributed by atoms with E-state index < -0.39 is 0 Å². The first-order chi connectivity index (χ1) is 10.1.